The molecule has 7 heteroatoms. The Kier molecular flexibility index (Phi) is 20.5. The maximum atomic E-state index is 11.6. The van der Waals surface area contributed by atoms with E-state index in [1.54, 1.807) is 0 Å². The molecule has 0 saturated carbocycles. The minimum absolute atomic E-state index is 0.121. The van der Waals surface area contributed by atoms with E-state index in [1.807, 2.05) is 13.8 Å². The van der Waals surface area contributed by atoms with Gasteiger partial charge in [-0.05, 0) is 26.7 Å². The van der Waals surface area contributed by atoms with Gasteiger partial charge in [0.25, 0.3) is 0 Å². The van der Waals surface area contributed by atoms with Gasteiger partial charge in [0.1, 0.15) is 34.2 Å². The number of unbranched alkanes of at least 4 members (excludes halogenated alkanes) is 9. The molecule has 29 heavy (non-hydrogen) atoms. The monoisotopic (exact) mass is 638 g/mol. The number of carbonyl (C=O) groups excluding carboxylic acids is 2. The summed E-state index contributed by atoms with van der Waals surface area (Å²) >= 11 is 4.14. The van der Waals surface area contributed by atoms with Crippen molar-refractivity contribution in [2.45, 2.75) is 92.8 Å². The number of alkyl halides is 2. The maximum absolute atomic E-state index is 11.6. The number of nitrogens with one attached hydrogen (secondary N) is 1. The van der Waals surface area contributed by atoms with Gasteiger partial charge in [-0.15, -0.1) is 0 Å². The standard InChI is InChI=1S/C22H41I2NO4/c1-4-5-6-7-8-9-10-11-12-13-14-25(15-17-28-21(26)19(2)23)16-18-29-22(27)20(3)24/h19-20H,4-18H2,1-3H3/p+1. The summed E-state index contributed by atoms with van der Waals surface area (Å²) in [5.41, 5.74) is 0. The molecule has 0 rings (SSSR count). The predicted octanol–water partition coefficient (Wildman–Crippen LogP) is 4.53. The summed E-state index contributed by atoms with van der Waals surface area (Å²) in [5, 5.41) is 0. The number of rotatable bonds is 19. The van der Waals surface area contributed by atoms with Crippen molar-refractivity contribution in [3.63, 3.8) is 0 Å². The molecule has 2 unspecified atom stereocenters. The average Bonchev–Trinajstić information content (AvgIpc) is 2.68. The molecular weight excluding hydrogens is 596 g/mol. The number of halogens is 2. The number of carbonyl (C=O) groups is 2. The Labute approximate surface area is 205 Å². The van der Waals surface area contributed by atoms with Crippen LogP contribution < -0.4 is 4.90 Å². The second kappa shape index (κ2) is 20.3. The first kappa shape index (κ1) is 29.4. The quantitative estimate of drug-likeness (QED) is 0.0979. The Hall–Kier alpha value is 0.360. The van der Waals surface area contributed by atoms with Gasteiger partial charge in [0.2, 0.25) is 0 Å². The highest BCUT2D eigenvalue weighted by Crippen LogP contribution is 2.10. The van der Waals surface area contributed by atoms with Crippen molar-refractivity contribution in [3.8, 4) is 0 Å². The minimum Gasteiger partial charge on any atom is -0.459 e. The third-order valence-electron chi connectivity index (χ3n) is 4.93. The van der Waals surface area contributed by atoms with Crippen LogP contribution in [0.5, 0.6) is 0 Å². The summed E-state index contributed by atoms with van der Waals surface area (Å²) in [7, 11) is 0. The van der Waals surface area contributed by atoms with Crippen LogP contribution in [0.1, 0.15) is 85.0 Å². The van der Waals surface area contributed by atoms with E-state index >= 15 is 0 Å². The summed E-state index contributed by atoms with van der Waals surface area (Å²) < 4.78 is 10.4. The number of hydrogen-bond acceptors (Lipinski definition) is 4. The van der Waals surface area contributed by atoms with E-state index in [0.717, 1.165) is 19.6 Å². The molecule has 0 heterocycles. The summed E-state index contributed by atoms with van der Waals surface area (Å²) in [6.07, 6.45) is 13.2. The Morgan fingerprint density at radius 1 is 0.690 bits per heavy atom. The lowest BCUT2D eigenvalue weighted by molar-refractivity contribution is -0.900. The molecule has 5 nitrogen and oxygen atoms in total. The van der Waals surface area contributed by atoms with Gasteiger partial charge in [0.15, 0.2) is 0 Å². The lowest BCUT2D eigenvalue weighted by atomic mass is 10.1. The third-order valence-corrected chi connectivity index (χ3v) is 5.95. The molecule has 1 N–H and O–H groups in total. The SMILES string of the molecule is CCCCCCCCCCCC[NH+](CCOC(=O)C(C)I)CCOC(=O)C(C)I. The normalized spacial score (nSPS) is 14.2. The van der Waals surface area contributed by atoms with Crippen molar-refractivity contribution in [2.75, 3.05) is 32.8 Å². The van der Waals surface area contributed by atoms with Gasteiger partial charge in [-0.3, -0.25) is 9.59 Å². The number of quaternary nitrogens is 1. The van der Waals surface area contributed by atoms with Crippen molar-refractivity contribution in [3.05, 3.63) is 0 Å². The molecule has 0 aliphatic carbocycles. The van der Waals surface area contributed by atoms with Crippen LogP contribution in [0, 0.1) is 0 Å². The zero-order chi connectivity index (χ0) is 21.9. The van der Waals surface area contributed by atoms with Crippen LogP contribution in [0.3, 0.4) is 0 Å². The van der Waals surface area contributed by atoms with Crippen LogP contribution in [0.15, 0.2) is 0 Å². The summed E-state index contributed by atoms with van der Waals surface area (Å²) in [6, 6.07) is 0. The molecule has 0 spiro atoms. The first-order chi connectivity index (χ1) is 13.9. The van der Waals surface area contributed by atoms with Crippen LogP contribution in [0.2, 0.25) is 0 Å². The fraction of sp³-hybridized carbons (Fsp3) is 0.909. The summed E-state index contributed by atoms with van der Waals surface area (Å²) in [6.45, 7) is 9.35. The van der Waals surface area contributed by atoms with Gasteiger partial charge in [-0.2, -0.15) is 0 Å². The fourth-order valence-corrected chi connectivity index (χ4v) is 3.42. The second-order valence-corrected chi connectivity index (χ2v) is 11.5. The smallest absolute Gasteiger partial charge is 0.318 e. The fourth-order valence-electron chi connectivity index (χ4n) is 3.06. The number of esters is 2. The van der Waals surface area contributed by atoms with Gasteiger partial charge in [-0.25, -0.2) is 0 Å². The van der Waals surface area contributed by atoms with Crippen LogP contribution in [0.25, 0.3) is 0 Å². The Balaban J connectivity index is 4.00. The van der Waals surface area contributed by atoms with Crippen molar-refractivity contribution in [2.24, 2.45) is 0 Å². The Morgan fingerprint density at radius 3 is 1.45 bits per heavy atom. The van der Waals surface area contributed by atoms with Crippen LogP contribution >= 0.6 is 45.2 Å². The largest absolute Gasteiger partial charge is 0.459 e. The predicted molar refractivity (Wildman–Crippen MR) is 136 cm³/mol. The molecule has 0 amide bonds. The summed E-state index contributed by atoms with van der Waals surface area (Å²) in [4.78, 5) is 24.6. The average molecular weight is 638 g/mol. The van der Waals surface area contributed by atoms with E-state index in [2.05, 4.69) is 52.1 Å². The van der Waals surface area contributed by atoms with Gasteiger partial charge < -0.3 is 14.4 Å². The van der Waals surface area contributed by atoms with Crippen LogP contribution in [-0.4, -0.2) is 52.6 Å². The van der Waals surface area contributed by atoms with Crippen molar-refractivity contribution < 1.29 is 24.0 Å². The molecule has 0 saturated heterocycles. The molecule has 0 fully saturated rings. The van der Waals surface area contributed by atoms with Gasteiger partial charge in [0, 0.05) is 0 Å². The zero-order valence-electron chi connectivity index (χ0n) is 18.7. The van der Waals surface area contributed by atoms with Gasteiger partial charge >= 0.3 is 11.9 Å². The molecule has 2 atom stereocenters. The van der Waals surface area contributed by atoms with Crippen LogP contribution in [-0.2, 0) is 19.1 Å². The number of ether oxygens (including phenoxy) is 2. The molecule has 0 aromatic rings. The molecule has 0 aromatic heterocycles. The van der Waals surface area contributed by atoms with Crippen molar-refractivity contribution in [1.82, 2.24) is 0 Å². The lowest BCUT2D eigenvalue weighted by Crippen LogP contribution is -3.13. The maximum Gasteiger partial charge on any atom is 0.318 e. The lowest BCUT2D eigenvalue weighted by Gasteiger charge is -2.20. The molecule has 0 aliphatic rings. The van der Waals surface area contributed by atoms with E-state index in [4.69, 9.17) is 9.47 Å². The Morgan fingerprint density at radius 2 is 1.07 bits per heavy atom. The van der Waals surface area contributed by atoms with Crippen molar-refractivity contribution >= 4 is 57.1 Å². The topological polar surface area (TPSA) is 57.0 Å². The van der Waals surface area contributed by atoms with Gasteiger partial charge in [-0.1, -0.05) is 103 Å². The molecule has 0 aliphatic heterocycles. The molecule has 0 radical (unpaired) electrons. The molecular formula is C22H42I2NO4+. The van der Waals surface area contributed by atoms with E-state index < -0.39 is 0 Å². The summed E-state index contributed by atoms with van der Waals surface area (Å²) in [5.74, 6) is -0.317. The first-order valence-electron chi connectivity index (χ1n) is 11.3. The second-order valence-electron chi connectivity index (χ2n) is 7.75. The highest BCUT2D eigenvalue weighted by atomic mass is 127. The van der Waals surface area contributed by atoms with E-state index in [9.17, 15) is 9.59 Å². The van der Waals surface area contributed by atoms with Crippen molar-refractivity contribution in [1.29, 1.82) is 0 Å². The highest BCUT2D eigenvalue weighted by molar-refractivity contribution is 14.1. The van der Waals surface area contributed by atoms with E-state index in [1.165, 1.54) is 69.1 Å². The van der Waals surface area contributed by atoms with Crippen LogP contribution in [0.4, 0.5) is 0 Å². The molecule has 0 aromatic carbocycles. The Bertz CT molecular complexity index is 394. The first-order valence-corrected chi connectivity index (χ1v) is 13.8. The van der Waals surface area contributed by atoms with Gasteiger partial charge in [0.05, 0.1) is 6.54 Å². The highest BCUT2D eigenvalue weighted by Gasteiger charge is 2.15. The number of hydrogen-bond donors (Lipinski definition) is 1. The molecule has 0 bridgehead atoms. The zero-order valence-corrected chi connectivity index (χ0v) is 23.0. The van der Waals surface area contributed by atoms with E-state index in [0.29, 0.717) is 13.2 Å². The molecule has 172 valence electrons. The minimum atomic E-state index is -0.158. The third kappa shape index (κ3) is 18.8. The van der Waals surface area contributed by atoms with E-state index in [-0.39, 0.29) is 19.8 Å².